The third-order valence-electron chi connectivity index (χ3n) is 0.771. The van der Waals surface area contributed by atoms with E-state index in [0.717, 1.165) is 6.20 Å². The minimum absolute atomic E-state index is 0.410. The Kier molecular flexibility index (Phi) is 2.22. The molecule has 0 unspecified atom stereocenters. The van der Waals surface area contributed by atoms with E-state index in [1.54, 1.807) is 11.5 Å². The van der Waals surface area contributed by atoms with E-state index in [2.05, 4.69) is 4.99 Å². The highest BCUT2D eigenvalue weighted by atomic mass is 32.2. The Bertz CT molecular complexity index is 232. The zero-order valence-electron chi connectivity index (χ0n) is 4.93. The molecule has 0 saturated heterocycles. The summed E-state index contributed by atoms with van der Waals surface area (Å²) in [4.78, 5) is 13.1. The van der Waals surface area contributed by atoms with E-state index in [0.29, 0.717) is 5.03 Å². The second kappa shape index (κ2) is 3.17. The van der Waals surface area contributed by atoms with Gasteiger partial charge in [-0.15, -0.1) is 0 Å². The molecular weight excluding hydrogens is 152 g/mol. The summed E-state index contributed by atoms with van der Waals surface area (Å²) < 4.78 is 0. The fourth-order valence-corrected chi connectivity index (χ4v) is 1.00. The molecule has 0 fully saturated rings. The van der Waals surface area contributed by atoms with Crippen LogP contribution in [-0.2, 0) is 0 Å². The topological polar surface area (TPSA) is 55.5 Å². The van der Waals surface area contributed by atoms with Gasteiger partial charge in [0, 0.05) is 6.21 Å². The average Bonchev–Trinajstić information content (AvgIpc) is 1.88. The van der Waals surface area contributed by atoms with Crippen molar-refractivity contribution in [3.8, 4) is 0 Å². The molecule has 4 nitrogen and oxygen atoms in total. The molecule has 0 aliphatic carbocycles. The van der Waals surface area contributed by atoms with E-state index in [-0.39, 0.29) is 0 Å². The quantitative estimate of drug-likeness (QED) is 0.426. The number of hydrogen-bond donors (Lipinski definition) is 0. The van der Waals surface area contributed by atoms with Gasteiger partial charge in [0.2, 0.25) is 0 Å². The van der Waals surface area contributed by atoms with Crippen molar-refractivity contribution in [1.29, 1.82) is 0 Å². The van der Waals surface area contributed by atoms with Gasteiger partial charge in [-0.2, -0.15) is 0 Å². The van der Waals surface area contributed by atoms with Crippen LogP contribution in [0.5, 0.6) is 0 Å². The maximum Gasteiger partial charge on any atom is 0.266 e. The molecule has 0 aromatic carbocycles. The van der Waals surface area contributed by atoms with Crippen molar-refractivity contribution in [2.45, 2.75) is 0 Å². The Morgan fingerprint density at radius 1 is 1.80 bits per heavy atom. The molecule has 1 heterocycles. The fraction of sp³-hybridized carbons (Fsp3) is 0. The molecule has 0 saturated carbocycles. The summed E-state index contributed by atoms with van der Waals surface area (Å²) >= 11 is 1.23. The molecule has 0 bridgehead atoms. The Balaban J connectivity index is 2.67. The van der Waals surface area contributed by atoms with E-state index in [9.17, 15) is 10.1 Å². The normalized spacial score (nSPS) is 19.8. The van der Waals surface area contributed by atoms with Crippen LogP contribution in [0.15, 0.2) is 27.7 Å². The first kappa shape index (κ1) is 7.01. The van der Waals surface area contributed by atoms with E-state index in [1.807, 2.05) is 0 Å². The van der Waals surface area contributed by atoms with Gasteiger partial charge in [0.05, 0.1) is 4.92 Å². The summed E-state index contributed by atoms with van der Waals surface area (Å²) in [6, 6.07) is 0. The first-order valence-corrected chi connectivity index (χ1v) is 3.38. The maximum absolute atomic E-state index is 9.89. The summed E-state index contributed by atoms with van der Waals surface area (Å²) in [7, 11) is 0. The van der Waals surface area contributed by atoms with Crippen LogP contribution in [0.4, 0.5) is 0 Å². The van der Waals surface area contributed by atoms with Gasteiger partial charge in [-0.3, -0.25) is 10.1 Å². The Labute approximate surface area is 61.5 Å². The van der Waals surface area contributed by atoms with E-state index in [4.69, 9.17) is 0 Å². The summed E-state index contributed by atoms with van der Waals surface area (Å²) in [6.45, 7) is 0. The molecule has 1 aliphatic rings. The number of allylic oxidation sites excluding steroid dienone is 1. The third-order valence-corrected chi connectivity index (χ3v) is 1.52. The van der Waals surface area contributed by atoms with Gasteiger partial charge in [-0.1, -0.05) is 11.8 Å². The van der Waals surface area contributed by atoms with E-state index in [1.165, 1.54) is 18.0 Å². The SMILES string of the molecule is O=[N+]([O-])/C=C1/N=CC=CS1. The van der Waals surface area contributed by atoms with Crippen molar-refractivity contribution in [3.63, 3.8) is 0 Å². The maximum atomic E-state index is 9.89. The summed E-state index contributed by atoms with van der Waals surface area (Å²) in [6.07, 6.45) is 4.12. The largest absolute Gasteiger partial charge is 0.266 e. The van der Waals surface area contributed by atoms with Crippen LogP contribution in [0.1, 0.15) is 0 Å². The molecule has 0 N–H and O–H groups in total. The lowest BCUT2D eigenvalue weighted by atomic mass is 10.7. The van der Waals surface area contributed by atoms with Gasteiger partial charge in [0.15, 0.2) is 5.03 Å². The third kappa shape index (κ3) is 2.02. The predicted octanol–water partition coefficient (Wildman–Crippen LogP) is 1.39. The van der Waals surface area contributed by atoms with Gasteiger partial charge >= 0.3 is 0 Å². The van der Waals surface area contributed by atoms with Crippen molar-refractivity contribution >= 4 is 18.0 Å². The van der Waals surface area contributed by atoms with Crippen LogP contribution >= 0.6 is 11.8 Å². The van der Waals surface area contributed by atoms with Gasteiger partial charge in [0.1, 0.15) is 0 Å². The summed E-state index contributed by atoms with van der Waals surface area (Å²) in [5.74, 6) is 0. The van der Waals surface area contributed by atoms with Crippen molar-refractivity contribution in [1.82, 2.24) is 0 Å². The highest BCUT2D eigenvalue weighted by molar-refractivity contribution is 8.05. The first-order valence-electron chi connectivity index (χ1n) is 2.50. The molecule has 52 valence electrons. The summed E-state index contributed by atoms with van der Waals surface area (Å²) in [5, 5.41) is 12.0. The predicted molar refractivity (Wildman–Crippen MR) is 40.3 cm³/mol. The monoisotopic (exact) mass is 156 g/mol. The fourth-order valence-electron chi connectivity index (χ4n) is 0.445. The number of hydrogen-bond acceptors (Lipinski definition) is 4. The van der Waals surface area contributed by atoms with Crippen LogP contribution in [0.2, 0.25) is 0 Å². The van der Waals surface area contributed by atoms with Crippen LogP contribution < -0.4 is 0 Å². The number of thioether (sulfide) groups is 1. The van der Waals surface area contributed by atoms with E-state index >= 15 is 0 Å². The number of nitro groups is 1. The van der Waals surface area contributed by atoms with Crippen LogP contribution in [0.25, 0.3) is 0 Å². The molecule has 0 radical (unpaired) electrons. The Hall–Kier alpha value is -1.10. The van der Waals surface area contributed by atoms with Gasteiger partial charge in [-0.25, -0.2) is 4.99 Å². The first-order chi connectivity index (χ1) is 4.79. The lowest BCUT2D eigenvalue weighted by molar-refractivity contribution is -0.402. The van der Waals surface area contributed by atoms with Crippen LogP contribution in [-0.4, -0.2) is 11.1 Å². The minimum Gasteiger partial charge on any atom is -0.259 e. The summed E-state index contributed by atoms with van der Waals surface area (Å²) in [5.41, 5.74) is 0. The van der Waals surface area contributed by atoms with E-state index < -0.39 is 4.92 Å². The minimum atomic E-state index is -0.515. The lowest BCUT2D eigenvalue weighted by Crippen LogP contribution is -1.86. The second-order valence-corrected chi connectivity index (χ2v) is 2.40. The molecule has 0 aromatic heterocycles. The highest BCUT2D eigenvalue weighted by Crippen LogP contribution is 2.19. The molecule has 0 amide bonds. The number of rotatable bonds is 1. The zero-order chi connectivity index (χ0) is 7.40. The second-order valence-electron chi connectivity index (χ2n) is 1.48. The smallest absolute Gasteiger partial charge is 0.259 e. The highest BCUT2D eigenvalue weighted by Gasteiger charge is 2.00. The molecule has 0 atom stereocenters. The lowest BCUT2D eigenvalue weighted by Gasteiger charge is -1.94. The Morgan fingerprint density at radius 2 is 2.60 bits per heavy atom. The molecule has 10 heavy (non-hydrogen) atoms. The van der Waals surface area contributed by atoms with Crippen molar-refractivity contribution < 1.29 is 4.92 Å². The van der Waals surface area contributed by atoms with Crippen LogP contribution in [0, 0.1) is 10.1 Å². The van der Waals surface area contributed by atoms with Gasteiger partial charge in [0.25, 0.3) is 6.20 Å². The van der Waals surface area contributed by atoms with Gasteiger partial charge < -0.3 is 0 Å². The van der Waals surface area contributed by atoms with Crippen molar-refractivity contribution in [2.75, 3.05) is 0 Å². The van der Waals surface area contributed by atoms with Gasteiger partial charge in [-0.05, 0) is 11.5 Å². The molecular formula is C5H4N2O2S. The molecule has 1 rings (SSSR count). The molecule has 0 aromatic rings. The standard InChI is InChI=1S/C5H4N2O2S/c8-7(9)4-5-6-2-1-3-10-5/h1-4H/b5-4-. The molecule has 5 heteroatoms. The Morgan fingerprint density at radius 3 is 3.10 bits per heavy atom. The molecule has 1 aliphatic heterocycles. The molecule has 0 spiro atoms. The number of nitrogens with zero attached hydrogens (tertiary/aromatic N) is 2. The van der Waals surface area contributed by atoms with Crippen LogP contribution in [0.3, 0.4) is 0 Å². The zero-order valence-corrected chi connectivity index (χ0v) is 5.75. The van der Waals surface area contributed by atoms with Crippen molar-refractivity contribution in [3.05, 3.63) is 32.8 Å². The number of aliphatic imine (C=N–C) groups is 1. The van der Waals surface area contributed by atoms with Crippen molar-refractivity contribution in [2.24, 2.45) is 4.99 Å². The average molecular weight is 156 g/mol.